The highest BCUT2D eigenvalue weighted by molar-refractivity contribution is 7.90. The molecule has 0 spiro atoms. The third-order valence-electron chi connectivity index (χ3n) is 3.48. The average Bonchev–Trinajstić information content (AvgIpc) is 3.01. The molecule has 0 aliphatic rings. The molecule has 2 aromatic carbocycles. The van der Waals surface area contributed by atoms with E-state index in [2.05, 4.69) is 4.98 Å². The van der Waals surface area contributed by atoms with Gasteiger partial charge in [-0.3, -0.25) is 0 Å². The van der Waals surface area contributed by atoms with E-state index < -0.39 is 10.0 Å². The summed E-state index contributed by atoms with van der Waals surface area (Å²) in [7, 11) is -3.87. The van der Waals surface area contributed by atoms with E-state index in [9.17, 15) is 8.42 Å². The summed E-state index contributed by atoms with van der Waals surface area (Å²) in [5, 5.41) is 0. The number of rotatable bonds is 6. The van der Waals surface area contributed by atoms with Gasteiger partial charge < -0.3 is 9.47 Å². The zero-order valence-electron chi connectivity index (χ0n) is 13.5. The number of hydrogen-bond acceptors (Lipinski definition) is 5. The van der Waals surface area contributed by atoms with Crippen LogP contribution in [-0.4, -0.2) is 30.6 Å². The van der Waals surface area contributed by atoms with Gasteiger partial charge in [-0.2, -0.15) is 0 Å². The molecule has 0 fully saturated rings. The van der Waals surface area contributed by atoms with Crippen molar-refractivity contribution < 1.29 is 17.9 Å². The normalized spacial score (nSPS) is 11.6. The number of ether oxygens (including phenoxy) is 2. The fourth-order valence-electron chi connectivity index (χ4n) is 2.46. The topological polar surface area (TPSA) is 70.4 Å². The Labute approximate surface area is 140 Å². The summed E-state index contributed by atoms with van der Waals surface area (Å²) >= 11 is 0. The molecule has 0 radical (unpaired) electrons. The van der Waals surface area contributed by atoms with Gasteiger partial charge in [-0.25, -0.2) is 17.4 Å². The van der Waals surface area contributed by atoms with Gasteiger partial charge in [0, 0.05) is 6.07 Å². The first-order valence-corrected chi connectivity index (χ1v) is 9.09. The van der Waals surface area contributed by atoms with Gasteiger partial charge in [0.05, 0.1) is 24.2 Å². The lowest BCUT2D eigenvalue weighted by Gasteiger charge is -2.14. The van der Waals surface area contributed by atoms with Crippen LogP contribution in [0.5, 0.6) is 11.5 Å². The molecule has 7 heteroatoms. The molecule has 6 nitrogen and oxygen atoms in total. The molecule has 0 unspecified atom stereocenters. The first-order chi connectivity index (χ1) is 11.6. The van der Waals surface area contributed by atoms with Crippen molar-refractivity contribution in [1.82, 2.24) is 8.96 Å². The second-order valence-corrected chi connectivity index (χ2v) is 6.79. The van der Waals surface area contributed by atoms with Gasteiger partial charge in [0.25, 0.3) is 10.0 Å². The van der Waals surface area contributed by atoms with Gasteiger partial charge in [-0.05, 0) is 38.1 Å². The van der Waals surface area contributed by atoms with Crippen LogP contribution in [0.25, 0.3) is 11.0 Å². The second kappa shape index (κ2) is 6.52. The number of benzene rings is 2. The first kappa shape index (κ1) is 16.3. The minimum absolute atomic E-state index is 0.0541. The first-order valence-electron chi connectivity index (χ1n) is 7.65. The molecule has 1 aromatic heterocycles. The van der Waals surface area contributed by atoms with Gasteiger partial charge in [0.1, 0.15) is 22.7 Å². The van der Waals surface area contributed by atoms with Crippen molar-refractivity contribution in [3.8, 4) is 11.5 Å². The van der Waals surface area contributed by atoms with E-state index in [0.29, 0.717) is 35.7 Å². The van der Waals surface area contributed by atoms with Crippen LogP contribution < -0.4 is 9.47 Å². The zero-order valence-corrected chi connectivity index (χ0v) is 14.3. The summed E-state index contributed by atoms with van der Waals surface area (Å²) in [4.78, 5) is 4.21. The molecule has 0 amide bonds. The maximum Gasteiger partial charge on any atom is 0.273 e. The Morgan fingerprint density at radius 1 is 1.04 bits per heavy atom. The number of para-hydroxylation sites is 2. The quantitative estimate of drug-likeness (QED) is 0.686. The Balaban J connectivity index is 2.19. The SMILES string of the molecule is CCOc1ccc(OCC)c(S(=O)(=O)n2cnc3ccccc32)c1. The molecule has 24 heavy (non-hydrogen) atoms. The summed E-state index contributed by atoms with van der Waals surface area (Å²) in [6.07, 6.45) is 1.31. The monoisotopic (exact) mass is 346 g/mol. The lowest BCUT2D eigenvalue weighted by atomic mass is 10.3. The van der Waals surface area contributed by atoms with Crippen molar-refractivity contribution >= 4 is 21.1 Å². The van der Waals surface area contributed by atoms with E-state index >= 15 is 0 Å². The second-order valence-electron chi connectivity index (χ2n) is 5.01. The molecule has 1 heterocycles. The maximum absolute atomic E-state index is 13.1. The molecule has 0 aliphatic heterocycles. The van der Waals surface area contributed by atoms with Crippen LogP contribution in [0.1, 0.15) is 13.8 Å². The van der Waals surface area contributed by atoms with Crippen LogP contribution in [-0.2, 0) is 10.0 Å². The van der Waals surface area contributed by atoms with E-state index in [1.807, 2.05) is 13.0 Å². The van der Waals surface area contributed by atoms with E-state index in [1.165, 1.54) is 12.4 Å². The van der Waals surface area contributed by atoms with Crippen molar-refractivity contribution in [2.24, 2.45) is 0 Å². The van der Waals surface area contributed by atoms with E-state index in [1.54, 1.807) is 37.3 Å². The molecule has 0 aliphatic carbocycles. The van der Waals surface area contributed by atoms with Crippen LogP contribution in [0, 0.1) is 0 Å². The Morgan fingerprint density at radius 3 is 2.54 bits per heavy atom. The Kier molecular flexibility index (Phi) is 4.44. The third-order valence-corrected chi connectivity index (χ3v) is 5.17. The van der Waals surface area contributed by atoms with E-state index in [-0.39, 0.29) is 4.90 Å². The standard InChI is InChI=1S/C17H18N2O4S/c1-3-22-13-9-10-16(23-4-2)17(11-13)24(20,21)19-12-18-14-7-5-6-8-15(14)19/h5-12H,3-4H2,1-2H3. The fraction of sp³-hybridized carbons (Fsp3) is 0.235. The summed E-state index contributed by atoms with van der Waals surface area (Å²) in [6.45, 7) is 4.45. The molecule has 0 bridgehead atoms. The highest BCUT2D eigenvalue weighted by Crippen LogP contribution is 2.31. The van der Waals surface area contributed by atoms with Crippen LogP contribution >= 0.6 is 0 Å². The van der Waals surface area contributed by atoms with Crippen molar-refractivity contribution in [3.05, 3.63) is 48.8 Å². The molecule has 0 N–H and O–H groups in total. The van der Waals surface area contributed by atoms with E-state index in [4.69, 9.17) is 9.47 Å². The molecular formula is C17H18N2O4S. The molecule has 0 saturated heterocycles. The van der Waals surface area contributed by atoms with Crippen molar-refractivity contribution in [3.63, 3.8) is 0 Å². The minimum Gasteiger partial charge on any atom is -0.494 e. The van der Waals surface area contributed by atoms with Gasteiger partial charge in [0.2, 0.25) is 0 Å². The number of aromatic nitrogens is 2. The summed E-state index contributed by atoms with van der Waals surface area (Å²) in [5.74, 6) is 0.766. The third kappa shape index (κ3) is 2.82. The van der Waals surface area contributed by atoms with Crippen LogP contribution in [0.3, 0.4) is 0 Å². The van der Waals surface area contributed by atoms with Crippen LogP contribution in [0.2, 0.25) is 0 Å². The van der Waals surface area contributed by atoms with Crippen LogP contribution in [0.4, 0.5) is 0 Å². The molecule has 0 atom stereocenters. The number of hydrogen-bond donors (Lipinski definition) is 0. The summed E-state index contributed by atoms with van der Waals surface area (Å²) in [5.41, 5.74) is 1.13. The van der Waals surface area contributed by atoms with Gasteiger partial charge in [-0.15, -0.1) is 0 Å². The Bertz CT molecular complexity index is 964. The van der Waals surface area contributed by atoms with Gasteiger partial charge in [-0.1, -0.05) is 12.1 Å². The molecule has 126 valence electrons. The summed E-state index contributed by atoms with van der Waals surface area (Å²) < 4.78 is 38.4. The number of fused-ring (bicyclic) bond motifs is 1. The van der Waals surface area contributed by atoms with Crippen molar-refractivity contribution in [2.45, 2.75) is 18.7 Å². The highest BCUT2D eigenvalue weighted by atomic mass is 32.2. The van der Waals surface area contributed by atoms with Gasteiger partial charge in [0.15, 0.2) is 0 Å². The van der Waals surface area contributed by atoms with Crippen molar-refractivity contribution in [1.29, 1.82) is 0 Å². The Morgan fingerprint density at radius 2 is 1.79 bits per heavy atom. The largest absolute Gasteiger partial charge is 0.494 e. The Hall–Kier alpha value is -2.54. The van der Waals surface area contributed by atoms with Crippen molar-refractivity contribution in [2.75, 3.05) is 13.2 Å². The predicted molar refractivity (Wildman–Crippen MR) is 91.1 cm³/mol. The lowest BCUT2D eigenvalue weighted by molar-refractivity contribution is 0.322. The predicted octanol–water partition coefficient (Wildman–Crippen LogP) is 3.07. The fourth-order valence-corrected chi connectivity index (χ4v) is 3.90. The molecular weight excluding hydrogens is 328 g/mol. The minimum atomic E-state index is -3.87. The highest BCUT2D eigenvalue weighted by Gasteiger charge is 2.24. The maximum atomic E-state index is 13.1. The zero-order chi connectivity index (χ0) is 17.2. The number of nitrogens with zero attached hydrogens (tertiary/aromatic N) is 2. The lowest BCUT2D eigenvalue weighted by Crippen LogP contribution is -2.14. The average molecular weight is 346 g/mol. The number of imidazole rings is 1. The van der Waals surface area contributed by atoms with Gasteiger partial charge >= 0.3 is 0 Å². The molecule has 3 rings (SSSR count). The summed E-state index contributed by atoms with van der Waals surface area (Å²) in [6, 6.07) is 11.9. The van der Waals surface area contributed by atoms with E-state index in [0.717, 1.165) is 3.97 Å². The smallest absolute Gasteiger partial charge is 0.273 e. The molecule has 0 saturated carbocycles. The molecule has 3 aromatic rings. The van der Waals surface area contributed by atoms with Crippen LogP contribution in [0.15, 0.2) is 53.7 Å².